The van der Waals surface area contributed by atoms with Crippen molar-refractivity contribution in [1.29, 1.82) is 0 Å². The summed E-state index contributed by atoms with van der Waals surface area (Å²) in [7, 11) is 0. The lowest BCUT2D eigenvalue weighted by atomic mass is 10.0. The van der Waals surface area contributed by atoms with Crippen molar-refractivity contribution >= 4 is 28.9 Å². The summed E-state index contributed by atoms with van der Waals surface area (Å²) in [6, 6.07) is 2.79. The molecule has 1 aromatic carbocycles. The molecule has 1 aromatic rings. The van der Waals surface area contributed by atoms with Crippen LogP contribution < -0.4 is 5.73 Å². The zero-order chi connectivity index (χ0) is 13.0. The summed E-state index contributed by atoms with van der Waals surface area (Å²) in [6.07, 6.45) is -2.49. The minimum atomic E-state index is -1.25. The summed E-state index contributed by atoms with van der Waals surface area (Å²) >= 11 is 11.6. The summed E-state index contributed by atoms with van der Waals surface area (Å²) in [4.78, 5) is 2.48. The fourth-order valence-electron chi connectivity index (χ4n) is 1.22. The van der Waals surface area contributed by atoms with E-state index in [0.29, 0.717) is 5.56 Å². The van der Waals surface area contributed by atoms with Crippen LogP contribution in [0.4, 0.5) is 5.69 Å². The van der Waals surface area contributed by atoms with Crippen molar-refractivity contribution in [2.75, 3.05) is 12.3 Å². The molecule has 0 saturated heterocycles. The second kappa shape index (κ2) is 5.95. The normalized spacial score (nSPS) is 13.9. The van der Waals surface area contributed by atoms with Gasteiger partial charge in [0.2, 0.25) is 0 Å². The SMILES string of the molecule is [N-]=[N+]=NCC(O)C(O)c1cc(Cl)c(N)c(Cl)c1. The molecule has 0 aliphatic carbocycles. The summed E-state index contributed by atoms with van der Waals surface area (Å²) in [6.45, 7) is -0.253. The number of rotatable bonds is 4. The molecule has 0 aliphatic heterocycles. The van der Waals surface area contributed by atoms with E-state index in [1.807, 2.05) is 0 Å². The number of aliphatic hydroxyl groups is 2. The summed E-state index contributed by atoms with van der Waals surface area (Å²) in [5.41, 5.74) is 14.1. The maximum Gasteiger partial charge on any atom is 0.105 e. The average Bonchev–Trinajstić information content (AvgIpc) is 2.31. The Labute approximate surface area is 107 Å². The smallest absolute Gasteiger partial charge is 0.105 e. The third-order valence-electron chi connectivity index (χ3n) is 2.14. The number of benzene rings is 1. The minimum absolute atomic E-state index is 0.183. The van der Waals surface area contributed by atoms with Crippen molar-refractivity contribution in [1.82, 2.24) is 0 Å². The second-order valence-corrected chi connectivity index (χ2v) is 4.14. The Morgan fingerprint density at radius 1 is 1.35 bits per heavy atom. The molecular weight excluding hydrogens is 267 g/mol. The number of hydrogen-bond donors (Lipinski definition) is 3. The highest BCUT2D eigenvalue weighted by atomic mass is 35.5. The summed E-state index contributed by atoms with van der Waals surface area (Å²) in [5.74, 6) is 0. The monoisotopic (exact) mass is 276 g/mol. The molecule has 4 N–H and O–H groups in total. The Morgan fingerprint density at radius 2 is 1.88 bits per heavy atom. The highest BCUT2D eigenvalue weighted by Crippen LogP contribution is 2.32. The van der Waals surface area contributed by atoms with Gasteiger partial charge in [-0.3, -0.25) is 0 Å². The fraction of sp³-hybridized carbons (Fsp3) is 0.333. The maximum absolute atomic E-state index is 9.76. The molecule has 0 fully saturated rings. The maximum atomic E-state index is 9.76. The first-order valence-corrected chi connectivity index (χ1v) is 5.34. The van der Waals surface area contributed by atoms with Crippen molar-refractivity contribution in [3.8, 4) is 0 Å². The second-order valence-electron chi connectivity index (χ2n) is 3.32. The lowest BCUT2D eigenvalue weighted by Gasteiger charge is -2.17. The van der Waals surface area contributed by atoms with E-state index >= 15 is 0 Å². The Balaban J connectivity index is 2.96. The summed E-state index contributed by atoms with van der Waals surface area (Å²) < 4.78 is 0. The van der Waals surface area contributed by atoms with Gasteiger partial charge in [-0.25, -0.2) is 0 Å². The topological polar surface area (TPSA) is 115 Å². The van der Waals surface area contributed by atoms with Crippen LogP contribution in [0.3, 0.4) is 0 Å². The molecule has 1 rings (SSSR count). The first kappa shape index (κ1) is 13.9. The van der Waals surface area contributed by atoms with Crippen molar-refractivity contribution in [3.63, 3.8) is 0 Å². The van der Waals surface area contributed by atoms with Gasteiger partial charge in [0.25, 0.3) is 0 Å². The molecule has 8 heteroatoms. The number of nitrogen functional groups attached to an aromatic ring is 1. The van der Waals surface area contributed by atoms with E-state index < -0.39 is 12.2 Å². The van der Waals surface area contributed by atoms with Crippen molar-refractivity contribution in [2.45, 2.75) is 12.2 Å². The molecule has 0 aliphatic rings. The van der Waals surface area contributed by atoms with Gasteiger partial charge in [-0.15, -0.1) is 0 Å². The van der Waals surface area contributed by atoms with E-state index in [0.717, 1.165) is 0 Å². The number of aliphatic hydroxyl groups excluding tert-OH is 2. The summed E-state index contributed by atoms with van der Waals surface area (Å²) in [5, 5.41) is 22.8. The lowest BCUT2D eigenvalue weighted by molar-refractivity contribution is 0.0244. The van der Waals surface area contributed by atoms with E-state index in [1.165, 1.54) is 12.1 Å². The highest BCUT2D eigenvalue weighted by Gasteiger charge is 2.19. The van der Waals surface area contributed by atoms with Crippen LogP contribution in [0.5, 0.6) is 0 Å². The van der Waals surface area contributed by atoms with E-state index in [2.05, 4.69) is 10.0 Å². The molecule has 2 atom stereocenters. The molecular formula is C9H10Cl2N4O2. The van der Waals surface area contributed by atoms with Gasteiger partial charge < -0.3 is 15.9 Å². The predicted octanol–water partition coefficient (Wildman–Crippen LogP) is 2.28. The van der Waals surface area contributed by atoms with Gasteiger partial charge in [-0.05, 0) is 23.2 Å². The molecule has 2 unspecified atom stereocenters. The third kappa shape index (κ3) is 3.39. The first-order valence-electron chi connectivity index (χ1n) is 4.58. The van der Waals surface area contributed by atoms with Crippen LogP contribution in [-0.4, -0.2) is 22.9 Å². The molecule has 0 saturated carbocycles. The predicted molar refractivity (Wildman–Crippen MR) is 65.9 cm³/mol. The van der Waals surface area contributed by atoms with E-state index in [4.69, 9.17) is 34.5 Å². The van der Waals surface area contributed by atoms with Gasteiger partial charge >= 0.3 is 0 Å². The van der Waals surface area contributed by atoms with E-state index in [1.54, 1.807) is 0 Å². The molecule has 0 spiro atoms. The standard InChI is InChI=1S/C9H10Cl2N4O2/c10-5-1-4(2-6(11)8(5)12)9(17)7(16)3-14-15-13/h1-2,7,9,16-17H,3,12H2. The fourth-order valence-corrected chi connectivity index (χ4v) is 1.72. The first-order chi connectivity index (χ1) is 7.97. The van der Waals surface area contributed by atoms with Crippen LogP contribution >= 0.6 is 23.2 Å². The molecule has 0 bridgehead atoms. The number of azide groups is 1. The van der Waals surface area contributed by atoms with Crippen LogP contribution in [0.1, 0.15) is 11.7 Å². The Kier molecular flexibility index (Phi) is 4.86. The number of hydrogen-bond acceptors (Lipinski definition) is 4. The van der Waals surface area contributed by atoms with E-state index in [-0.39, 0.29) is 22.3 Å². The highest BCUT2D eigenvalue weighted by molar-refractivity contribution is 6.38. The number of anilines is 1. The number of halogens is 2. The Bertz CT molecular complexity index is 439. The Hall–Kier alpha value is -1.17. The minimum Gasteiger partial charge on any atom is -0.396 e. The van der Waals surface area contributed by atoms with Gasteiger partial charge in [0.15, 0.2) is 0 Å². The number of nitrogens with two attached hydrogens (primary N) is 1. The van der Waals surface area contributed by atoms with Gasteiger partial charge in [0, 0.05) is 4.91 Å². The van der Waals surface area contributed by atoms with Crippen molar-refractivity contribution < 1.29 is 10.2 Å². The van der Waals surface area contributed by atoms with Crippen LogP contribution in [0.15, 0.2) is 17.2 Å². The van der Waals surface area contributed by atoms with Crippen LogP contribution in [0, 0.1) is 0 Å². The van der Waals surface area contributed by atoms with Crippen molar-refractivity contribution in [3.05, 3.63) is 38.2 Å². The molecule has 0 aromatic heterocycles. The van der Waals surface area contributed by atoms with Gasteiger partial charge in [0.05, 0.1) is 28.4 Å². The van der Waals surface area contributed by atoms with Crippen molar-refractivity contribution in [2.24, 2.45) is 5.11 Å². The zero-order valence-corrected chi connectivity index (χ0v) is 10.1. The average molecular weight is 277 g/mol. The Morgan fingerprint density at radius 3 is 2.35 bits per heavy atom. The van der Waals surface area contributed by atoms with Crippen LogP contribution in [0.2, 0.25) is 10.0 Å². The quantitative estimate of drug-likeness (QED) is 0.339. The molecule has 0 heterocycles. The largest absolute Gasteiger partial charge is 0.396 e. The van der Waals surface area contributed by atoms with Crippen LogP contribution in [0.25, 0.3) is 10.4 Å². The molecule has 0 amide bonds. The van der Waals surface area contributed by atoms with Crippen LogP contribution in [-0.2, 0) is 0 Å². The third-order valence-corrected chi connectivity index (χ3v) is 2.76. The van der Waals surface area contributed by atoms with E-state index in [9.17, 15) is 10.2 Å². The molecule has 0 radical (unpaired) electrons. The molecule has 6 nitrogen and oxygen atoms in total. The number of nitrogens with zero attached hydrogens (tertiary/aromatic N) is 3. The molecule has 92 valence electrons. The lowest BCUT2D eigenvalue weighted by Crippen LogP contribution is -2.21. The zero-order valence-electron chi connectivity index (χ0n) is 8.59. The van der Waals surface area contributed by atoms with Gasteiger partial charge in [-0.1, -0.05) is 28.3 Å². The van der Waals surface area contributed by atoms with Gasteiger partial charge in [0.1, 0.15) is 6.10 Å². The van der Waals surface area contributed by atoms with Gasteiger partial charge in [-0.2, -0.15) is 0 Å². The molecule has 17 heavy (non-hydrogen) atoms.